The van der Waals surface area contributed by atoms with Gasteiger partial charge in [0, 0.05) is 38.8 Å². The number of nitrogens with one attached hydrogen (secondary N) is 1. The molecule has 0 saturated carbocycles. The standard InChI is InChI=1S/C11H24N3O3PS/c1-11(2,3)14-8-6-13(7-9-14)10(15)12-18(16,17-4)19-5/h6-9H2,1-5H3,(H,12,15,16). The third-order valence-electron chi connectivity index (χ3n) is 3.23. The number of piperazine rings is 1. The number of carbonyl (C=O) groups excluding carboxylic acids is 1. The van der Waals surface area contributed by atoms with Gasteiger partial charge in [-0.2, -0.15) is 0 Å². The zero-order valence-electron chi connectivity index (χ0n) is 12.3. The van der Waals surface area contributed by atoms with Gasteiger partial charge in [-0.3, -0.25) is 14.6 Å². The minimum Gasteiger partial charge on any atom is -0.322 e. The lowest BCUT2D eigenvalue weighted by molar-refractivity contribution is 0.0754. The molecule has 6 nitrogen and oxygen atoms in total. The van der Waals surface area contributed by atoms with Gasteiger partial charge in [0.25, 0.3) is 0 Å². The van der Waals surface area contributed by atoms with Crippen LogP contribution in [0.15, 0.2) is 0 Å². The summed E-state index contributed by atoms with van der Waals surface area (Å²) in [5.74, 6) is 0. The van der Waals surface area contributed by atoms with E-state index in [4.69, 9.17) is 4.52 Å². The Morgan fingerprint density at radius 3 is 2.16 bits per heavy atom. The average molecular weight is 309 g/mol. The van der Waals surface area contributed by atoms with Crippen LogP contribution in [0.5, 0.6) is 0 Å². The number of amides is 2. The van der Waals surface area contributed by atoms with E-state index in [1.807, 2.05) is 0 Å². The van der Waals surface area contributed by atoms with Crippen LogP contribution >= 0.6 is 18.1 Å². The summed E-state index contributed by atoms with van der Waals surface area (Å²) >= 11 is 1.03. The van der Waals surface area contributed by atoms with Gasteiger partial charge in [0.15, 0.2) is 0 Å². The molecule has 8 heteroatoms. The molecule has 0 aliphatic carbocycles. The molecule has 1 saturated heterocycles. The van der Waals surface area contributed by atoms with Crippen LogP contribution in [0.1, 0.15) is 20.8 Å². The first-order valence-corrected chi connectivity index (χ1v) is 9.71. The van der Waals surface area contributed by atoms with Gasteiger partial charge in [0.2, 0.25) is 0 Å². The maximum absolute atomic E-state index is 12.0. The third-order valence-corrected chi connectivity index (χ3v) is 6.82. The van der Waals surface area contributed by atoms with Crippen LogP contribution in [0.4, 0.5) is 4.79 Å². The SMILES string of the molecule is COP(=O)(NC(=O)N1CCN(C(C)(C)C)CC1)SC. The Kier molecular flexibility index (Phi) is 5.74. The van der Waals surface area contributed by atoms with Crippen molar-refractivity contribution in [1.82, 2.24) is 14.9 Å². The van der Waals surface area contributed by atoms with Gasteiger partial charge >= 0.3 is 12.8 Å². The smallest absolute Gasteiger partial charge is 0.322 e. The van der Waals surface area contributed by atoms with E-state index in [2.05, 4.69) is 30.8 Å². The van der Waals surface area contributed by atoms with Crippen molar-refractivity contribution >= 4 is 24.1 Å². The van der Waals surface area contributed by atoms with Crippen molar-refractivity contribution in [3.8, 4) is 0 Å². The lowest BCUT2D eigenvalue weighted by Gasteiger charge is -2.42. The summed E-state index contributed by atoms with van der Waals surface area (Å²) in [6, 6.07) is -0.312. The fraction of sp³-hybridized carbons (Fsp3) is 0.909. The molecule has 0 aromatic heterocycles. The first-order chi connectivity index (χ1) is 8.72. The van der Waals surface area contributed by atoms with Gasteiger partial charge in [-0.15, -0.1) is 0 Å². The topological polar surface area (TPSA) is 61.9 Å². The van der Waals surface area contributed by atoms with Crippen molar-refractivity contribution in [2.45, 2.75) is 26.3 Å². The zero-order valence-corrected chi connectivity index (χ0v) is 14.0. The van der Waals surface area contributed by atoms with Crippen LogP contribution < -0.4 is 5.09 Å². The second-order valence-electron chi connectivity index (χ2n) is 5.42. The minimum absolute atomic E-state index is 0.115. The number of nitrogens with zero attached hydrogens (tertiary/aromatic N) is 2. The Bertz CT molecular complexity index is 357. The predicted octanol–water partition coefficient (Wildman–Crippen LogP) is 2.23. The largest absolute Gasteiger partial charge is 0.354 e. The van der Waals surface area contributed by atoms with Crippen molar-refractivity contribution in [2.75, 3.05) is 39.5 Å². The van der Waals surface area contributed by atoms with Gasteiger partial charge in [0.1, 0.15) is 0 Å². The molecule has 1 rings (SSSR count). The number of urea groups is 1. The summed E-state index contributed by atoms with van der Waals surface area (Å²) in [7, 11) is 1.34. The molecule has 0 aromatic carbocycles. The fourth-order valence-corrected chi connectivity index (χ4v) is 3.60. The normalized spacial score (nSPS) is 21.0. The molecule has 0 bridgehead atoms. The monoisotopic (exact) mass is 309 g/mol. The summed E-state index contributed by atoms with van der Waals surface area (Å²) in [5, 5.41) is 2.48. The molecule has 112 valence electrons. The van der Waals surface area contributed by atoms with E-state index in [1.165, 1.54) is 7.11 Å². The Morgan fingerprint density at radius 2 is 1.79 bits per heavy atom. The molecule has 1 unspecified atom stereocenters. The molecule has 0 spiro atoms. The molecule has 19 heavy (non-hydrogen) atoms. The fourth-order valence-electron chi connectivity index (χ4n) is 1.93. The maximum Gasteiger partial charge on any atom is 0.354 e. The Balaban J connectivity index is 2.52. The van der Waals surface area contributed by atoms with Gasteiger partial charge in [0.05, 0.1) is 0 Å². The van der Waals surface area contributed by atoms with E-state index in [9.17, 15) is 9.36 Å². The number of carbonyl (C=O) groups is 1. The van der Waals surface area contributed by atoms with Gasteiger partial charge in [-0.25, -0.2) is 4.79 Å². The van der Waals surface area contributed by atoms with Gasteiger partial charge in [-0.1, -0.05) is 11.4 Å². The van der Waals surface area contributed by atoms with E-state index in [0.717, 1.165) is 24.5 Å². The quantitative estimate of drug-likeness (QED) is 0.810. The van der Waals surface area contributed by atoms with Crippen LogP contribution in [0, 0.1) is 0 Å². The van der Waals surface area contributed by atoms with E-state index >= 15 is 0 Å². The first kappa shape index (κ1) is 16.8. The van der Waals surface area contributed by atoms with Crippen molar-refractivity contribution in [1.29, 1.82) is 0 Å². The van der Waals surface area contributed by atoms with Crippen molar-refractivity contribution in [3.05, 3.63) is 0 Å². The minimum atomic E-state index is -3.09. The average Bonchev–Trinajstić information content (AvgIpc) is 2.37. The summed E-state index contributed by atoms with van der Waals surface area (Å²) in [6.07, 6.45) is 1.65. The van der Waals surface area contributed by atoms with Crippen molar-refractivity contribution in [2.24, 2.45) is 0 Å². The summed E-state index contributed by atoms with van der Waals surface area (Å²) in [6.45, 7) is 6.33. The van der Waals surface area contributed by atoms with Crippen molar-refractivity contribution in [3.63, 3.8) is 0 Å². The van der Waals surface area contributed by atoms with E-state index in [1.54, 1.807) is 11.2 Å². The molecule has 1 atom stereocenters. The molecule has 1 fully saturated rings. The lowest BCUT2D eigenvalue weighted by atomic mass is 10.1. The molecule has 0 aromatic rings. The van der Waals surface area contributed by atoms with E-state index in [-0.39, 0.29) is 11.6 Å². The Labute approximate surface area is 119 Å². The second-order valence-corrected chi connectivity index (χ2v) is 9.91. The zero-order chi connectivity index (χ0) is 14.7. The predicted molar refractivity (Wildman–Crippen MR) is 79.6 cm³/mol. The molecule has 2 amide bonds. The molecule has 1 aliphatic heterocycles. The van der Waals surface area contributed by atoms with Crippen LogP contribution in [0.25, 0.3) is 0 Å². The molecular formula is C11H24N3O3PS. The Morgan fingerprint density at radius 1 is 1.26 bits per heavy atom. The van der Waals surface area contributed by atoms with Crippen LogP contribution in [-0.4, -0.2) is 60.9 Å². The lowest BCUT2D eigenvalue weighted by Crippen LogP contribution is -2.56. The van der Waals surface area contributed by atoms with E-state index < -0.39 is 6.72 Å². The highest BCUT2D eigenvalue weighted by molar-refractivity contribution is 8.55. The van der Waals surface area contributed by atoms with Crippen LogP contribution in [0.2, 0.25) is 0 Å². The molecule has 0 radical (unpaired) electrons. The Hall–Kier alpha value is -0.230. The summed E-state index contributed by atoms with van der Waals surface area (Å²) < 4.78 is 16.9. The highest BCUT2D eigenvalue weighted by Crippen LogP contribution is 2.53. The molecule has 1 heterocycles. The number of hydrogen-bond acceptors (Lipinski definition) is 5. The molecule has 1 N–H and O–H groups in total. The van der Waals surface area contributed by atoms with Crippen molar-refractivity contribution < 1.29 is 13.9 Å². The maximum atomic E-state index is 12.0. The number of rotatable bonds is 3. The summed E-state index contributed by atoms with van der Waals surface area (Å²) in [5.41, 5.74) is 0.115. The van der Waals surface area contributed by atoms with Crippen LogP contribution in [-0.2, 0) is 9.09 Å². The molecule has 1 aliphatic rings. The third kappa shape index (κ3) is 4.67. The number of hydrogen-bond donors (Lipinski definition) is 1. The second kappa shape index (κ2) is 6.48. The van der Waals surface area contributed by atoms with Gasteiger partial charge in [-0.05, 0) is 27.0 Å². The van der Waals surface area contributed by atoms with Crippen LogP contribution in [0.3, 0.4) is 0 Å². The highest BCUT2D eigenvalue weighted by Gasteiger charge is 2.31. The highest BCUT2D eigenvalue weighted by atomic mass is 32.7. The first-order valence-electron chi connectivity index (χ1n) is 6.25. The van der Waals surface area contributed by atoms with Gasteiger partial charge < -0.3 is 9.42 Å². The van der Waals surface area contributed by atoms with E-state index in [0.29, 0.717) is 13.1 Å². The molecular weight excluding hydrogens is 285 g/mol. The summed E-state index contributed by atoms with van der Waals surface area (Å²) in [4.78, 5) is 16.0.